The Morgan fingerprint density at radius 3 is 2.75 bits per heavy atom. The quantitative estimate of drug-likeness (QED) is 0.389. The second-order valence-corrected chi connectivity index (χ2v) is 4.43. The lowest BCUT2D eigenvalue weighted by Crippen LogP contribution is -2.27. The molecule has 1 saturated carbocycles. The van der Waals surface area contributed by atoms with E-state index in [4.69, 9.17) is 4.74 Å². The summed E-state index contributed by atoms with van der Waals surface area (Å²) in [6.45, 7) is 7.46. The summed E-state index contributed by atoms with van der Waals surface area (Å²) in [5.41, 5.74) is 0.350. The van der Waals surface area contributed by atoms with Gasteiger partial charge in [-0.05, 0) is 18.8 Å². The molecule has 0 bridgehead atoms. The fraction of sp³-hybridized carbons (Fsp3) is 0.800. The van der Waals surface area contributed by atoms with Crippen LogP contribution in [0.4, 0.5) is 0 Å². The van der Waals surface area contributed by atoms with Crippen molar-refractivity contribution in [2.75, 3.05) is 18.5 Å². The van der Waals surface area contributed by atoms with E-state index in [9.17, 15) is 0 Å². The maximum atomic E-state index is 5.49. The summed E-state index contributed by atoms with van der Waals surface area (Å²) in [4.78, 5) is 0. The van der Waals surface area contributed by atoms with Gasteiger partial charge in [0, 0.05) is 10.7 Å². The zero-order valence-corrected chi connectivity index (χ0v) is 9.27. The van der Waals surface area contributed by atoms with Crippen molar-refractivity contribution in [3.8, 4) is 0 Å². The predicted molar refractivity (Wildman–Crippen MR) is 55.6 cm³/mol. The van der Waals surface area contributed by atoms with Crippen LogP contribution in [0.3, 0.4) is 0 Å². The minimum atomic E-state index is 0.350. The zero-order valence-electron chi connectivity index (χ0n) is 7.68. The summed E-state index contributed by atoms with van der Waals surface area (Å²) in [5, 5.41) is 1.04. The van der Waals surface area contributed by atoms with Gasteiger partial charge in [0.05, 0.1) is 13.2 Å². The Labute approximate surface area is 83.3 Å². The van der Waals surface area contributed by atoms with Crippen LogP contribution in [0.5, 0.6) is 0 Å². The maximum absolute atomic E-state index is 5.49. The molecule has 0 heterocycles. The molecule has 1 rings (SSSR count). The topological polar surface area (TPSA) is 9.23 Å². The molecule has 0 aromatic rings. The lowest BCUT2D eigenvalue weighted by molar-refractivity contribution is 0.0713. The van der Waals surface area contributed by atoms with E-state index in [1.54, 1.807) is 0 Å². The van der Waals surface area contributed by atoms with Gasteiger partial charge < -0.3 is 4.74 Å². The standard InChI is InChI=1S/C10H17BrO/c1-3-6-12-8-10(2,7-11)9-4-5-9/h3,9H,1,4-8H2,2H3. The van der Waals surface area contributed by atoms with E-state index < -0.39 is 0 Å². The third kappa shape index (κ3) is 2.60. The summed E-state index contributed by atoms with van der Waals surface area (Å²) in [5.74, 6) is 0.877. The van der Waals surface area contributed by atoms with Gasteiger partial charge in [-0.1, -0.05) is 28.9 Å². The maximum Gasteiger partial charge on any atom is 0.0645 e. The van der Waals surface area contributed by atoms with Crippen molar-refractivity contribution in [3.63, 3.8) is 0 Å². The first-order valence-electron chi connectivity index (χ1n) is 4.47. The number of alkyl halides is 1. The second-order valence-electron chi connectivity index (χ2n) is 3.87. The van der Waals surface area contributed by atoms with Crippen LogP contribution in [-0.4, -0.2) is 18.5 Å². The predicted octanol–water partition coefficient (Wildman–Crippen LogP) is 3.00. The number of rotatable bonds is 6. The molecule has 0 aromatic heterocycles. The van der Waals surface area contributed by atoms with Gasteiger partial charge in [0.2, 0.25) is 0 Å². The summed E-state index contributed by atoms with van der Waals surface area (Å²) in [7, 11) is 0. The van der Waals surface area contributed by atoms with Gasteiger partial charge in [0.1, 0.15) is 0 Å². The molecule has 0 radical (unpaired) electrons. The van der Waals surface area contributed by atoms with Gasteiger partial charge in [-0.3, -0.25) is 0 Å². The second kappa shape index (κ2) is 4.43. The van der Waals surface area contributed by atoms with Crippen molar-refractivity contribution in [2.24, 2.45) is 11.3 Å². The van der Waals surface area contributed by atoms with E-state index in [1.807, 2.05) is 6.08 Å². The van der Waals surface area contributed by atoms with Gasteiger partial charge in [-0.15, -0.1) is 6.58 Å². The molecular formula is C10H17BrO. The molecule has 0 saturated heterocycles. The molecule has 0 aromatic carbocycles. The summed E-state index contributed by atoms with van der Waals surface area (Å²) < 4.78 is 5.49. The van der Waals surface area contributed by atoms with E-state index in [0.29, 0.717) is 12.0 Å². The van der Waals surface area contributed by atoms with Crippen LogP contribution in [0.1, 0.15) is 19.8 Å². The highest BCUT2D eigenvalue weighted by Gasteiger charge is 2.40. The van der Waals surface area contributed by atoms with Gasteiger partial charge in [0.15, 0.2) is 0 Å². The molecular weight excluding hydrogens is 216 g/mol. The molecule has 1 atom stereocenters. The first-order chi connectivity index (χ1) is 5.73. The molecule has 2 heteroatoms. The van der Waals surface area contributed by atoms with Crippen LogP contribution < -0.4 is 0 Å². The smallest absolute Gasteiger partial charge is 0.0645 e. The van der Waals surface area contributed by atoms with Crippen LogP contribution in [0.25, 0.3) is 0 Å². The largest absolute Gasteiger partial charge is 0.377 e. The number of hydrogen-bond donors (Lipinski definition) is 0. The van der Waals surface area contributed by atoms with Gasteiger partial charge in [-0.25, -0.2) is 0 Å². The molecule has 0 amide bonds. The van der Waals surface area contributed by atoms with Crippen molar-refractivity contribution >= 4 is 15.9 Å². The van der Waals surface area contributed by atoms with Gasteiger partial charge in [0.25, 0.3) is 0 Å². The Hall–Kier alpha value is 0.180. The van der Waals surface area contributed by atoms with Crippen LogP contribution >= 0.6 is 15.9 Å². The fourth-order valence-corrected chi connectivity index (χ4v) is 2.04. The van der Waals surface area contributed by atoms with Crippen LogP contribution in [0, 0.1) is 11.3 Å². The Balaban J connectivity index is 2.27. The number of halogens is 1. The van der Waals surface area contributed by atoms with Crippen LogP contribution in [-0.2, 0) is 4.74 Å². The summed E-state index contributed by atoms with van der Waals surface area (Å²) in [6, 6.07) is 0. The van der Waals surface area contributed by atoms with E-state index >= 15 is 0 Å². The average molecular weight is 233 g/mol. The third-order valence-corrected chi connectivity index (χ3v) is 3.82. The van der Waals surface area contributed by atoms with E-state index in [-0.39, 0.29) is 0 Å². The Morgan fingerprint density at radius 1 is 1.67 bits per heavy atom. The molecule has 1 fully saturated rings. The van der Waals surface area contributed by atoms with Crippen molar-refractivity contribution < 1.29 is 4.74 Å². The van der Waals surface area contributed by atoms with Gasteiger partial charge >= 0.3 is 0 Å². The minimum absolute atomic E-state index is 0.350. The Kier molecular flexibility index (Phi) is 3.78. The molecule has 0 spiro atoms. The highest BCUT2D eigenvalue weighted by Crippen LogP contribution is 2.46. The first kappa shape index (κ1) is 10.3. The summed E-state index contributed by atoms with van der Waals surface area (Å²) in [6.07, 6.45) is 4.56. The molecule has 1 nitrogen and oxygen atoms in total. The average Bonchev–Trinajstić information content (AvgIpc) is 2.87. The SMILES string of the molecule is C=CCOCC(C)(CBr)C1CC1. The van der Waals surface area contributed by atoms with Crippen molar-refractivity contribution in [2.45, 2.75) is 19.8 Å². The highest BCUT2D eigenvalue weighted by molar-refractivity contribution is 9.09. The third-order valence-electron chi connectivity index (χ3n) is 2.54. The molecule has 0 aliphatic heterocycles. The van der Waals surface area contributed by atoms with Gasteiger partial charge in [-0.2, -0.15) is 0 Å². The van der Waals surface area contributed by atoms with Crippen molar-refractivity contribution in [1.82, 2.24) is 0 Å². The monoisotopic (exact) mass is 232 g/mol. The van der Waals surface area contributed by atoms with Crippen LogP contribution in [0.15, 0.2) is 12.7 Å². The Bertz CT molecular complexity index is 154. The molecule has 12 heavy (non-hydrogen) atoms. The molecule has 1 aliphatic rings. The normalized spacial score (nSPS) is 21.8. The van der Waals surface area contributed by atoms with Crippen molar-refractivity contribution in [3.05, 3.63) is 12.7 Å². The zero-order chi connectivity index (χ0) is 9.03. The lowest BCUT2D eigenvalue weighted by Gasteiger charge is -2.26. The molecule has 0 N–H and O–H groups in total. The molecule has 1 unspecified atom stereocenters. The molecule has 70 valence electrons. The lowest BCUT2D eigenvalue weighted by atomic mass is 9.88. The minimum Gasteiger partial charge on any atom is -0.377 e. The van der Waals surface area contributed by atoms with E-state index in [1.165, 1.54) is 12.8 Å². The van der Waals surface area contributed by atoms with E-state index in [0.717, 1.165) is 17.9 Å². The number of hydrogen-bond acceptors (Lipinski definition) is 1. The summed E-state index contributed by atoms with van der Waals surface area (Å²) >= 11 is 3.56. The fourth-order valence-electron chi connectivity index (χ4n) is 1.42. The van der Waals surface area contributed by atoms with Crippen molar-refractivity contribution in [1.29, 1.82) is 0 Å². The Morgan fingerprint density at radius 2 is 2.33 bits per heavy atom. The first-order valence-corrected chi connectivity index (χ1v) is 5.59. The molecule has 1 aliphatic carbocycles. The highest BCUT2D eigenvalue weighted by atomic mass is 79.9. The van der Waals surface area contributed by atoms with Crippen LogP contribution in [0.2, 0.25) is 0 Å². The number of ether oxygens (including phenoxy) is 1. The van der Waals surface area contributed by atoms with E-state index in [2.05, 4.69) is 29.4 Å².